The summed E-state index contributed by atoms with van der Waals surface area (Å²) < 4.78 is 34.6. The molecule has 0 atom stereocenters. The molecular weight excluding hydrogens is 388 g/mol. The number of benzene rings is 1. The standard InChI is InChI=1S/C21H20N4O3S/c22-13-15-6-11-20(24-14-15)28-18-9-7-17(8-10-18)25-29(26,27)19-5-1-3-16-4-2-12-23-21(16)19/h1-6,11-12,14,17-18,25H,7-10H2. The maximum absolute atomic E-state index is 12.9. The van der Waals surface area contributed by atoms with Crippen molar-refractivity contribution >= 4 is 20.9 Å². The molecule has 0 radical (unpaired) electrons. The van der Waals surface area contributed by atoms with Gasteiger partial charge in [0.1, 0.15) is 17.1 Å². The van der Waals surface area contributed by atoms with Gasteiger partial charge >= 0.3 is 0 Å². The summed E-state index contributed by atoms with van der Waals surface area (Å²) in [6, 6.07) is 14.0. The highest BCUT2D eigenvalue weighted by atomic mass is 32.2. The molecule has 0 bridgehead atoms. The minimum atomic E-state index is -3.67. The fourth-order valence-electron chi connectivity index (χ4n) is 3.56. The Morgan fingerprint density at radius 2 is 1.83 bits per heavy atom. The van der Waals surface area contributed by atoms with Gasteiger partial charge in [-0.1, -0.05) is 18.2 Å². The Morgan fingerprint density at radius 1 is 1.03 bits per heavy atom. The number of aromatic nitrogens is 2. The topological polar surface area (TPSA) is 105 Å². The molecule has 0 saturated heterocycles. The molecule has 1 fully saturated rings. The van der Waals surface area contributed by atoms with Gasteiger partial charge in [-0.3, -0.25) is 4.98 Å². The quantitative estimate of drug-likeness (QED) is 0.695. The summed E-state index contributed by atoms with van der Waals surface area (Å²) in [5.74, 6) is 0.481. The molecule has 1 saturated carbocycles. The Morgan fingerprint density at radius 3 is 2.55 bits per heavy atom. The Kier molecular flexibility index (Phi) is 5.43. The lowest BCUT2D eigenvalue weighted by atomic mass is 9.94. The van der Waals surface area contributed by atoms with Crippen LogP contribution in [0.5, 0.6) is 5.88 Å². The van der Waals surface area contributed by atoms with Crippen molar-refractivity contribution in [2.45, 2.75) is 42.7 Å². The highest BCUT2D eigenvalue weighted by Crippen LogP contribution is 2.26. The number of hydrogen-bond acceptors (Lipinski definition) is 6. The number of fused-ring (bicyclic) bond motifs is 1. The number of pyridine rings is 2. The van der Waals surface area contributed by atoms with Crippen molar-refractivity contribution in [1.29, 1.82) is 5.26 Å². The Balaban J connectivity index is 1.39. The molecule has 8 heteroatoms. The van der Waals surface area contributed by atoms with Gasteiger partial charge in [0.15, 0.2) is 0 Å². The minimum absolute atomic E-state index is 0.0181. The number of sulfonamides is 1. The molecule has 7 nitrogen and oxygen atoms in total. The van der Waals surface area contributed by atoms with Gasteiger partial charge in [0.05, 0.1) is 11.1 Å². The first-order valence-corrected chi connectivity index (χ1v) is 10.9. The van der Waals surface area contributed by atoms with Crippen LogP contribution in [0.2, 0.25) is 0 Å². The highest BCUT2D eigenvalue weighted by Gasteiger charge is 2.28. The third-order valence-corrected chi connectivity index (χ3v) is 6.59. The van der Waals surface area contributed by atoms with Crippen LogP contribution in [0.25, 0.3) is 10.9 Å². The second kappa shape index (κ2) is 8.15. The number of rotatable bonds is 5. The summed E-state index contributed by atoms with van der Waals surface area (Å²) in [5, 5.41) is 9.62. The van der Waals surface area contributed by atoms with Gasteiger partial charge in [-0.05, 0) is 43.9 Å². The summed E-state index contributed by atoms with van der Waals surface area (Å²) in [6.45, 7) is 0. The lowest BCUT2D eigenvalue weighted by molar-refractivity contribution is 0.138. The van der Waals surface area contributed by atoms with Crippen molar-refractivity contribution < 1.29 is 13.2 Å². The lowest BCUT2D eigenvalue weighted by Crippen LogP contribution is -2.39. The van der Waals surface area contributed by atoms with Gasteiger partial charge in [0.2, 0.25) is 15.9 Å². The van der Waals surface area contributed by atoms with Crippen LogP contribution in [0.4, 0.5) is 0 Å². The number of ether oxygens (including phenoxy) is 1. The SMILES string of the molecule is N#Cc1ccc(OC2CCC(NS(=O)(=O)c3cccc4cccnc34)CC2)nc1. The second-order valence-corrected chi connectivity index (χ2v) is 8.72. The molecule has 0 amide bonds. The fourth-order valence-corrected chi connectivity index (χ4v) is 5.05. The van der Waals surface area contributed by atoms with E-state index in [1.807, 2.05) is 18.2 Å². The maximum Gasteiger partial charge on any atom is 0.242 e. The smallest absolute Gasteiger partial charge is 0.242 e. The van der Waals surface area contributed by atoms with E-state index < -0.39 is 10.0 Å². The molecule has 1 aliphatic rings. The summed E-state index contributed by atoms with van der Waals surface area (Å²) in [5.41, 5.74) is 0.963. The van der Waals surface area contributed by atoms with E-state index in [1.54, 1.807) is 36.5 Å². The number of para-hydroxylation sites is 1. The molecule has 1 aliphatic carbocycles. The fraction of sp³-hybridized carbons (Fsp3) is 0.286. The highest BCUT2D eigenvalue weighted by molar-refractivity contribution is 7.89. The van der Waals surface area contributed by atoms with E-state index in [9.17, 15) is 8.42 Å². The van der Waals surface area contributed by atoms with Crippen molar-refractivity contribution in [3.05, 3.63) is 60.4 Å². The molecule has 0 spiro atoms. The molecule has 2 heterocycles. The van der Waals surface area contributed by atoms with Crippen LogP contribution >= 0.6 is 0 Å². The van der Waals surface area contributed by atoms with Crippen molar-refractivity contribution in [3.63, 3.8) is 0 Å². The first-order valence-electron chi connectivity index (χ1n) is 9.44. The van der Waals surface area contributed by atoms with Crippen molar-refractivity contribution in [1.82, 2.24) is 14.7 Å². The molecule has 148 valence electrons. The largest absolute Gasteiger partial charge is 0.474 e. The summed E-state index contributed by atoms with van der Waals surface area (Å²) in [4.78, 5) is 8.58. The van der Waals surface area contributed by atoms with E-state index in [0.29, 0.717) is 29.8 Å². The molecule has 1 N–H and O–H groups in total. The molecule has 3 aromatic rings. The number of hydrogen-bond donors (Lipinski definition) is 1. The zero-order valence-corrected chi connectivity index (χ0v) is 16.5. The van der Waals surface area contributed by atoms with Crippen LogP contribution in [-0.2, 0) is 10.0 Å². The van der Waals surface area contributed by atoms with Crippen LogP contribution < -0.4 is 9.46 Å². The second-order valence-electron chi connectivity index (χ2n) is 7.04. The average Bonchev–Trinajstić information content (AvgIpc) is 2.75. The van der Waals surface area contributed by atoms with Gasteiger partial charge in [-0.15, -0.1) is 0 Å². The molecule has 1 aromatic carbocycles. The van der Waals surface area contributed by atoms with E-state index in [0.717, 1.165) is 18.2 Å². The van der Waals surface area contributed by atoms with Crippen LogP contribution in [0.3, 0.4) is 0 Å². The summed E-state index contributed by atoms with van der Waals surface area (Å²) in [7, 11) is -3.67. The first-order chi connectivity index (χ1) is 14.0. The van der Waals surface area contributed by atoms with Crippen molar-refractivity contribution in [3.8, 4) is 11.9 Å². The van der Waals surface area contributed by atoms with E-state index in [4.69, 9.17) is 10.00 Å². The van der Waals surface area contributed by atoms with E-state index in [-0.39, 0.29) is 17.0 Å². The number of nitriles is 1. The van der Waals surface area contributed by atoms with Gasteiger partial charge in [-0.2, -0.15) is 5.26 Å². The minimum Gasteiger partial charge on any atom is -0.474 e. The first kappa shape index (κ1) is 19.3. The zero-order chi connectivity index (χ0) is 20.3. The third-order valence-electron chi connectivity index (χ3n) is 5.03. The molecule has 0 unspecified atom stereocenters. The van der Waals surface area contributed by atoms with E-state index in [2.05, 4.69) is 14.7 Å². The van der Waals surface area contributed by atoms with Crippen LogP contribution in [0.1, 0.15) is 31.2 Å². The Labute approximate surface area is 169 Å². The summed E-state index contributed by atoms with van der Waals surface area (Å²) >= 11 is 0. The van der Waals surface area contributed by atoms with Gasteiger partial charge in [0, 0.05) is 29.9 Å². The molecule has 4 rings (SSSR count). The number of nitrogens with one attached hydrogen (secondary N) is 1. The van der Waals surface area contributed by atoms with Crippen molar-refractivity contribution in [2.24, 2.45) is 0 Å². The van der Waals surface area contributed by atoms with Crippen LogP contribution in [0.15, 0.2) is 59.8 Å². The molecule has 0 aliphatic heterocycles. The predicted molar refractivity (Wildman–Crippen MR) is 108 cm³/mol. The van der Waals surface area contributed by atoms with Crippen LogP contribution in [-0.4, -0.2) is 30.5 Å². The van der Waals surface area contributed by atoms with Crippen molar-refractivity contribution in [2.75, 3.05) is 0 Å². The molecule has 2 aromatic heterocycles. The maximum atomic E-state index is 12.9. The van der Waals surface area contributed by atoms with Crippen LogP contribution in [0, 0.1) is 11.3 Å². The Hall–Kier alpha value is -3.02. The predicted octanol–water partition coefficient (Wildman–Crippen LogP) is 3.17. The third kappa shape index (κ3) is 4.36. The molecular formula is C21H20N4O3S. The van der Waals surface area contributed by atoms with Gasteiger partial charge in [-0.25, -0.2) is 18.1 Å². The zero-order valence-electron chi connectivity index (χ0n) is 15.7. The summed E-state index contributed by atoms with van der Waals surface area (Å²) in [6.07, 6.45) is 5.87. The van der Waals surface area contributed by atoms with Gasteiger partial charge < -0.3 is 4.74 Å². The Bertz CT molecular complexity index is 1140. The van der Waals surface area contributed by atoms with E-state index >= 15 is 0 Å². The number of nitrogens with zero attached hydrogens (tertiary/aromatic N) is 3. The molecule has 29 heavy (non-hydrogen) atoms. The normalized spacial score (nSPS) is 19.6. The van der Waals surface area contributed by atoms with Gasteiger partial charge in [0.25, 0.3) is 0 Å². The van der Waals surface area contributed by atoms with E-state index in [1.165, 1.54) is 6.20 Å². The monoisotopic (exact) mass is 408 g/mol. The average molecular weight is 408 g/mol. The lowest BCUT2D eigenvalue weighted by Gasteiger charge is -2.29.